The van der Waals surface area contributed by atoms with Gasteiger partial charge >= 0.3 is 0 Å². The van der Waals surface area contributed by atoms with Gasteiger partial charge in [-0.15, -0.1) is 6.58 Å². The van der Waals surface area contributed by atoms with Crippen LogP contribution in [0.4, 0.5) is 0 Å². The van der Waals surface area contributed by atoms with E-state index in [1.807, 2.05) is 22.6 Å². The van der Waals surface area contributed by atoms with Gasteiger partial charge in [-0.25, -0.2) is 0 Å². The van der Waals surface area contributed by atoms with Crippen molar-refractivity contribution in [1.82, 2.24) is 0 Å². The van der Waals surface area contributed by atoms with Crippen molar-refractivity contribution in [2.75, 3.05) is 0 Å². The van der Waals surface area contributed by atoms with Gasteiger partial charge in [-0.05, 0) is 22.6 Å². The third-order valence-electron chi connectivity index (χ3n) is 0.544. The van der Waals surface area contributed by atoms with Crippen LogP contribution in [0.25, 0.3) is 0 Å². The first-order valence-corrected chi connectivity index (χ1v) is 2.91. The lowest BCUT2D eigenvalue weighted by Gasteiger charge is -1.97. The largest absolute Gasteiger partial charge is 0.384 e. The summed E-state index contributed by atoms with van der Waals surface area (Å²) in [7, 11) is 0. The molecule has 0 saturated carbocycles. The molecule has 0 aromatic carbocycles. The fourth-order valence-corrected chi connectivity index (χ4v) is 0.382. The number of hydrogen-bond acceptors (Lipinski definition) is 1. The number of rotatable bonds is 2. The van der Waals surface area contributed by atoms with E-state index in [2.05, 4.69) is 13.2 Å². The lowest BCUT2D eigenvalue weighted by Crippen LogP contribution is -1.97. The minimum absolute atomic E-state index is 0.541. The Kier molecular flexibility index (Phi) is 3.29. The molecular weight excluding hydrogens is 203 g/mol. The van der Waals surface area contributed by atoms with Crippen molar-refractivity contribution in [2.45, 2.75) is 6.10 Å². The van der Waals surface area contributed by atoms with E-state index in [0.29, 0.717) is 3.58 Å². The maximum absolute atomic E-state index is 8.71. The van der Waals surface area contributed by atoms with E-state index in [0.717, 1.165) is 0 Å². The van der Waals surface area contributed by atoms with Crippen molar-refractivity contribution in [3.8, 4) is 0 Å². The second-order valence-corrected chi connectivity index (χ2v) is 2.51. The van der Waals surface area contributed by atoms with Gasteiger partial charge in [-0.1, -0.05) is 12.7 Å². The summed E-state index contributed by atoms with van der Waals surface area (Å²) in [6, 6.07) is 0. The van der Waals surface area contributed by atoms with E-state index in [1.54, 1.807) is 0 Å². The first-order valence-electron chi connectivity index (χ1n) is 1.83. The first kappa shape index (κ1) is 7.17. The summed E-state index contributed by atoms with van der Waals surface area (Å²) in [5, 5.41) is 8.71. The molecular formula is C5H7IO. The highest BCUT2D eigenvalue weighted by atomic mass is 127. The average Bonchev–Trinajstić information content (AvgIpc) is 1.65. The zero-order chi connectivity index (χ0) is 5.86. The molecule has 0 spiro atoms. The molecule has 0 aromatic rings. The third kappa shape index (κ3) is 2.82. The van der Waals surface area contributed by atoms with E-state index in [-0.39, 0.29) is 0 Å². The molecule has 0 aliphatic heterocycles. The normalized spacial score (nSPS) is 12.9. The lowest BCUT2D eigenvalue weighted by atomic mass is 10.4. The summed E-state index contributed by atoms with van der Waals surface area (Å²) in [6.45, 7) is 6.86. The van der Waals surface area contributed by atoms with Gasteiger partial charge in [0.15, 0.2) is 0 Å². The van der Waals surface area contributed by atoms with Crippen LogP contribution in [0.15, 0.2) is 22.8 Å². The summed E-state index contributed by atoms with van der Waals surface area (Å²) in [5.41, 5.74) is 0. The topological polar surface area (TPSA) is 20.2 Å². The highest BCUT2D eigenvalue weighted by molar-refractivity contribution is 14.1. The molecule has 0 amide bonds. The molecule has 0 bridgehead atoms. The van der Waals surface area contributed by atoms with Gasteiger partial charge < -0.3 is 5.11 Å². The zero-order valence-electron chi connectivity index (χ0n) is 3.89. The quantitative estimate of drug-likeness (QED) is 0.540. The Morgan fingerprint density at radius 1 is 1.86 bits per heavy atom. The van der Waals surface area contributed by atoms with E-state index in [9.17, 15) is 0 Å². The number of hydrogen-bond donors (Lipinski definition) is 1. The highest BCUT2D eigenvalue weighted by Crippen LogP contribution is 2.07. The minimum atomic E-state index is -0.541. The number of aliphatic hydroxyl groups excluding tert-OH is 1. The minimum Gasteiger partial charge on any atom is -0.384 e. The van der Waals surface area contributed by atoms with Crippen LogP contribution in [0, 0.1) is 0 Å². The van der Waals surface area contributed by atoms with Crippen LogP contribution in [0.5, 0.6) is 0 Å². The molecule has 1 nitrogen and oxygen atoms in total. The molecule has 0 aromatic heterocycles. The van der Waals surface area contributed by atoms with E-state index < -0.39 is 6.10 Å². The van der Waals surface area contributed by atoms with E-state index in [1.165, 1.54) is 6.08 Å². The predicted octanol–water partition coefficient (Wildman–Crippen LogP) is 1.48. The maximum Gasteiger partial charge on any atom is 0.102 e. The Bertz CT molecular complexity index is 88.1. The third-order valence-corrected chi connectivity index (χ3v) is 1.18. The Morgan fingerprint density at radius 3 is 2.29 bits per heavy atom. The van der Waals surface area contributed by atoms with Gasteiger partial charge in [0.25, 0.3) is 0 Å². The first-order chi connectivity index (χ1) is 3.18. The molecule has 0 heterocycles. The Morgan fingerprint density at radius 2 is 2.29 bits per heavy atom. The summed E-state index contributed by atoms with van der Waals surface area (Å²) in [5.74, 6) is 0. The Labute approximate surface area is 56.9 Å². The fourth-order valence-electron chi connectivity index (χ4n) is 0.128. The van der Waals surface area contributed by atoms with Crippen LogP contribution in [-0.2, 0) is 0 Å². The van der Waals surface area contributed by atoms with Gasteiger partial charge in [-0.2, -0.15) is 0 Å². The van der Waals surface area contributed by atoms with Gasteiger partial charge in [0, 0.05) is 3.58 Å². The molecule has 2 heteroatoms. The van der Waals surface area contributed by atoms with Crippen LogP contribution in [0.1, 0.15) is 0 Å². The summed E-state index contributed by atoms with van der Waals surface area (Å²) < 4.78 is 0.701. The molecule has 0 radical (unpaired) electrons. The second kappa shape index (κ2) is 3.21. The monoisotopic (exact) mass is 210 g/mol. The van der Waals surface area contributed by atoms with Gasteiger partial charge in [-0.3, -0.25) is 0 Å². The van der Waals surface area contributed by atoms with Gasteiger partial charge in [0.05, 0.1) is 0 Å². The van der Waals surface area contributed by atoms with Crippen LogP contribution >= 0.6 is 22.6 Å². The molecule has 0 fully saturated rings. The number of aliphatic hydroxyl groups is 1. The predicted molar refractivity (Wildman–Crippen MR) is 39.4 cm³/mol. The molecule has 0 saturated heterocycles. The standard InChI is InChI=1S/C5H7IO/c1-3-5(7)4(2)6/h3,5,7H,1-2H2. The van der Waals surface area contributed by atoms with Gasteiger partial charge in [0.1, 0.15) is 6.10 Å². The van der Waals surface area contributed by atoms with Crippen molar-refractivity contribution in [3.05, 3.63) is 22.8 Å². The molecule has 1 unspecified atom stereocenters. The van der Waals surface area contributed by atoms with Crippen LogP contribution in [0.3, 0.4) is 0 Å². The highest BCUT2D eigenvalue weighted by Gasteiger charge is 1.95. The average molecular weight is 210 g/mol. The maximum atomic E-state index is 8.71. The smallest absolute Gasteiger partial charge is 0.102 e. The zero-order valence-corrected chi connectivity index (χ0v) is 6.05. The molecule has 1 N–H and O–H groups in total. The van der Waals surface area contributed by atoms with Crippen LogP contribution < -0.4 is 0 Å². The Balaban J connectivity index is 3.55. The fraction of sp³-hybridized carbons (Fsp3) is 0.200. The Hall–Kier alpha value is 0.170. The van der Waals surface area contributed by atoms with Crippen LogP contribution in [0.2, 0.25) is 0 Å². The summed E-state index contributed by atoms with van der Waals surface area (Å²) >= 11 is 1.95. The SMILES string of the molecule is C=CC(O)C(=C)I. The van der Waals surface area contributed by atoms with Crippen molar-refractivity contribution in [3.63, 3.8) is 0 Å². The molecule has 0 aliphatic rings. The molecule has 40 valence electrons. The summed E-state index contributed by atoms with van der Waals surface area (Å²) in [4.78, 5) is 0. The molecule has 1 atom stereocenters. The summed E-state index contributed by atoms with van der Waals surface area (Å²) in [6.07, 6.45) is 0.898. The second-order valence-electron chi connectivity index (χ2n) is 1.13. The van der Waals surface area contributed by atoms with E-state index in [4.69, 9.17) is 5.11 Å². The molecule has 0 rings (SSSR count). The number of halogens is 1. The molecule has 7 heavy (non-hydrogen) atoms. The van der Waals surface area contributed by atoms with Crippen molar-refractivity contribution >= 4 is 22.6 Å². The van der Waals surface area contributed by atoms with Gasteiger partial charge in [0.2, 0.25) is 0 Å². The van der Waals surface area contributed by atoms with Crippen molar-refractivity contribution in [1.29, 1.82) is 0 Å². The van der Waals surface area contributed by atoms with Crippen molar-refractivity contribution in [2.24, 2.45) is 0 Å². The lowest BCUT2D eigenvalue weighted by molar-refractivity contribution is 0.270. The molecule has 0 aliphatic carbocycles. The van der Waals surface area contributed by atoms with Crippen molar-refractivity contribution < 1.29 is 5.11 Å². The van der Waals surface area contributed by atoms with Crippen LogP contribution in [-0.4, -0.2) is 11.2 Å². The van der Waals surface area contributed by atoms with E-state index >= 15 is 0 Å².